The molecule has 0 bridgehead atoms. The third kappa shape index (κ3) is 4.37. The Bertz CT molecular complexity index is 783. The molecule has 0 amide bonds. The molecule has 1 aromatic carbocycles. The van der Waals surface area contributed by atoms with Crippen LogP contribution in [-0.2, 0) is 16.6 Å². The van der Waals surface area contributed by atoms with E-state index in [1.54, 1.807) is 6.20 Å². The molecule has 0 spiro atoms. The van der Waals surface area contributed by atoms with Crippen LogP contribution < -0.4 is 4.72 Å². The molecule has 128 valence electrons. The van der Waals surface area contributed by atoms with Gasteiger partial charge in [-0.05, 0) is 49.2 Å². The lowest BCUT2D eigenvalue weighted by Gasteiger charge is -2.16. The number of rotatable bonds is 6. The van der Waals surface area contributed by atoms with E-state index in [9.17, 15) is 12.8 Å². The number of pyridine rings is 1. The molecule has 3 rings (SSSR count). The average molecular weight is 349 g/mol. The van der Waals surface area contributed by atoms with Gasteiger partial charge in [0.2, 0.25) is 10.0 Å². The molecule has 1 atom stereocenters. The van der Waals surface area contributed by atoms with Crippen molar-refractivity contribution in [2.24, 2.45) is 5.92 Å². The summed E-state index contributed by atoms with van der Waals surface area (Å²) in [5, 5.41) is 0. The first kappa shape index (κ1) is 17.0. The molecule has 2 aromatic rings. The van der Waals surface area contributed by atoms with E-state index >= 15 is 0 Å². The smallest absolute Gasteiger partial charge is 0.240 e. The van der Waals surface area contributed by atoms with Crippen molar-refractivity contribution < 1.29 is 12.8 Å². The van der Waals surface area contributed by atoms with Gasteiger partial charge in [0.1, 0.15) is 5.82 Å². The zero-order chi connectivity index (χ0) is 17.0. The van der Waals surface area contributed by atoms with Crippen LogP contribution in [0.25, 0.3) is 0 Å². The standard InChI is InChI=1S/C17H20FN3O2S/c18-15-4-3-6-17(10-15)24(22,23)20-11-14-7-9-21(12-14)13-16-5-1-2-8-19-16/h1-6,8,10,14,20H,7,9,11-13H2/t14-/m1/s1. The van der Waals surface area contributed by atoms with Gasteiger partial charge in [-0.3, -0.25) is 9.88 Å². The average Bonchev–Trinajstić information content (AvgIpc) is 3.02. The third-order valence-corrected chi connectivity index (χ3v) is 5.57. The quantitative estimate of drug-likeness (QED) is 0.867. The highest BCUT2D eigenvalue weighted by atomic mass is 32.2. The van der Waals surface area contributed by atoms with Gasteiger partial charge in [-0.25, -0.2) is 17.5 Å². The van der Waals surface area contributed by atoms with Crippen molar-refractivity contribution in [1.29, 1.82) is 0 Å². The first-order valence-corrected chi connectivity index (χ1v) is 9.39. The van der Waals surface area contributed by atoms with E-state index in [1.807, 2.05) is 18.2 Å². The summed E-state index contributed by atoms with van der Waals surface area (Å²) in [6.07, 6.45) is 2.70. The lowest BCUT2D eigenvalue weighted by atomic mass is 10.1. The van der Waals surface area contributed by atoms with Gasteiger partial charge >= 0.3 is 0 Å². The van der Waals surface area contributed by atoms with E-state index in [1.165, 1.54) is 18.2 Å². The molecule has 0 radical (unpaired) electrons. The Labute approximate surface area is 141 Å². The zero-order valence-corrected chi connectivity index (χ0v) is 14.0. The van der Waals surface area contributed by atoms with Crippen LogP contribution in [0.5, 0.6) is 0 Å². The van der Waals surface area contributed by atoms with Gasteiger partial charge in [0.05, 0.1) is 10.6 Å². The molecule has 0 saturated carbocycles. The second-order valence-corrected chi connectivity index (χ2v) is 7.79. The molecule has 5 nitrogen and oxygen atoms in total. The Hall–Kier alpha value is -1.83. The van der Waals surface area contributed by atoms with Crippen LogP contribution >= 0.6 is 0 Å². The van der Waals surface area contributed by atoms with E-state index in [-0.39, 0.29) is 10.8 Å². The summed E-state index contributed by atoms with van der Waals surface area (Å²) in [4.78, 5) is 6.54. The molecule has 7 heteroatoms. The second kappa shape index (κ2) is 7.38. The summed E-state index contributed by atoms with van der Waals surface area (Å²) in [6.45, 7) is 2.87. The molecule has 1 fully saturated rings. The fourth-order valence-corrected chi connectivity index (χ4v) is 4.04. The van der Waals surface area contributed by atoms with E-state index in [0.29, 0.717) is 6.54 Å². The third-order valence-electron chi connectivity index (χ3n) is 4.15. The number of nitrogens with zero attached hydrogens (tertiary/aromatic N) is 2. The van der Waals surface area contributed by atoms with Crippen LogP contribution in [0.3, 0.4) is 0 Å². The SMILES string of the molecule is O=S(=O)(NC[C@H]1CCN(Cc2ccccn2)C1)c1cccc(F)c1. The molecule has 0 unspecified atom stereocenters. The maximum atomic E-state index is 13.2. The summed E-state index contributed by atoms with van der Waals surface area (Å²) >= 11 is 0. The van der Waals surface area contributed by atoms with E-state index in [4.69, 9.17) is 0 Å². The summed E-state index contributed by atoms with van der Waals surface area (Å²) in [7, 11) is -3.67. The summed E-state index contributed by atoms with van der Waals surface area (Å²) < 4.78 is 40.2. The monoisotopic (exact) mass is 349 g/mol. The predicted molar refractivity (Wildman–Crippen MR) is 89.2 cm³/mol. The van der Waals surface area contributed by atoms with Crippen molar-refractivity contribution >= 4 is 10.0 Å². The number of hydrogen-bond acceptors (Lipinski definition) is 4. The van der Waals surface area contributed by atoms with Crippen molar-refractivity contribution in [3.63, 3.8) is 0 Å². The van der Waals surface area contributed by atoms with Gasteiger partial charge in [-0.2, -0.15) is 0 Å². The van der Waals surface area contributed by atoms with Crippen molar-refractivity contribution in [1.82, 2.24) is 14.6 Å². The molecule has 1 N–H and O–H groups in total. The summed E-state index contributed by atoms with van der Waals surface area (Å²) in [5.74, 6) is -0.308. The molecule has 1 saturated heterocycles. The zero-order valence-electron chi connectivity index (χ0n) is 13.2. The second-order valence-electron chi connectivity index (χ2n) is 6.02. The molecule has 1 aliphatic heterocycles. The number of aromatic nitrogens is 1. The van der Waals surface area contributed by atoms with E-state index in [0.717, 1.165) is 37.8 Å². The summed E-state index contributed by atoms with van der Waals surface area (Å²) in [6, 6.07) is 10.9. The Morgan fingerprint density at radius 1 is 1.25 bits per heavy atom. The maximum Gasteiger partial charge on any atom is 0.240 e. The number of nitrogens with one attached hydrogen (secondary N) is 1. The minimum atomic E-state index is -3.67. The number of sulfonamides is 1. The highest BCUT2D eigenvalue weighted by Gasteiger charge is 2.24. The van der Waals surface area contributed by atoms with Crippen molar-refractivity contribution in [3.05, 3.63) is 60.2 Å². The maximum absolute atomic E-state index is 13.2. The van der Waals surface area contributed by atoms with E-state index in [2.05, 4.69) is 14.6 Å². The number of halogens is 1. The Morgan fingerprint density at radius 2 is 2.12 bits per heavy atom. The molecule has 1 aromatic heterocycles. The Morgan fingerprint density at radius 3 is 2.88 bits per heavy atom. The van der Waals surface area contributed by atoms with Crippen LogP contribution in [0.15, 0.2) is 53.6 Å². The van der Waals surface area contributed by atoms with E-state index < -0.39 is 15.8 Å². The van der Waals surface area contributed by atoms with Crippen LogP contribution in [0.2, 0.25) is 0 Å². The fraction of sp³-hybridized carbons (Fsp3) is 0.353. The van der Waals surface area contributed by atoms with Gasteiger partial charge in [0.15, 0.2) is 0 Å². The van der Waals surface area contributed by atoms with Crippen LogP contribution in [0, 0.1) is 11.7 Å². The Balaban J connectivity index is 1.52. The number of likely N-dealkylation sites (tertiary alicyclic amines) is 1. The number of hydrogen-bond donors (Lipinski definition) is 1. The van der Waals surface area contributed by atoms with Crippen LogP contribution in [0.4, 0.5) is 4.39 Å². The normalized spacial score (nSPS) is 18.8. The molecular formula is C17H20FN3O2S. The first-order chi connectivity index (χ1) is 11.5. The number of benzene rings is 1. The lowest BCUT2D eigenvalue weighted by molar-refractivity contribution is 0.313. The van der Waals surface area contributed by atoms with Gasteiger partial charge in [-0.1, -0.05) is 12.1 Å². The van der Waals surface area contributed by atoms with Crippen LogP contribution in [0.1, 0.15) is 12.1 Å². The minimum absolute atomic E-state index is 0.0363. The van der Waals surface area contributed by atoms with Crippen molar-refractivity contribution in [3.8, 4) is 0 Å². The molecule has 1 aliphatic rings. The molecule has 2 heterocycles. The summed E-state index contributed by atoms with van der Waals surface area (Å²) in [5.41, 5.74) is 1.01. The first-order valence-electron chi connectivity index (χ1n) is 7.90. The molecule has 24 heavy (non-hydrogen) atoms. The highest BCUT2D eigenvalue weighted by Crippen LogP contribution is 2.18. The Kier molecular flexibility index (Phi) is 5.23. The predicted octanol–water partition coefficient (Wildman–Crippen LogP) is 2.02. The van der Waals surface area contributed by atoms with Crippen molar-refractivity contribution in [2.45, 2.75) is 17.9 Å². The van der Waals surface area contributed by atoms with Gasteiger partial charge < -0.3 is 0 Å². The molecular weight excluding hydrogens is 329 g/mol. The molecule has 0 aliphatic carbocycles. The van der Waals surface area contributed by atoms with Gasteiger partial charge in [-0.15, -0.1) is 0 Å². The van der Waals surface area contributed by atoms with Gasteiger partial charge in [0.25, 0.3) is 0 Å². The van der Waals surface area contributed by atoms with Gasteiger partial charge in [0, 0.05) is 25.8 Å². The minimum Gasteiger partial charge on any atom is -0.297 e. The highest BCUT2D eigenvalue weighted by molar-refractivity contribution is 7.89. The van der Waals surface area contributed by atoms with Crippen LogP contribution in [-0.4, -0.2) is 37.9 Å². The fourth-order valence-electron chi connectivity index (χ4n) is 2.89. The topological polar surface area (TPSA) is 62.3 Å². The largest absolute Gasteiger partial charge is 0.297 e. The van der Waals surface area contributed by atoms with Crippen molar-refractivity contribution in [2.75, 3.05) is 19.6 Å². The lowest BCUT2D eigenvalue weighted by Crippen LogP contribution is -2.31.